The minimum Gasteiger partial charge on any atom is -0.493 e. The molecule has 10 heteroatoms. The molecule has 0 spiro atoms. The summed E-state index contributed by atoms with van der Waals surface area (Å²) in [4.78, 5) is 36.8. The highest BCUT2D eigenvalue weighted by Gasteiger charge is 2.17. The molecule has 2 N–H and O–H groups in total. The summed E-state index contributed by atoms with van der Waals surface area (Å²) in [7, 11) is 4.38. The van der Waals surface area contributed by atoms with Crippen molar-refractivity contribution in [2.45, 2.75) is 6.42 Å². The summed E-state index contributed by atoms with van der Waals surface area (Å²) in [5.41, 5.74) is 3.75. The molecule has 2 amide bonds. The summed E-state index contributed by atoms with van der Waals surface area (Å²) >= 11 is 0. The Morgan fingerprint density at radius 2 is 1.54 bits per heavy atom. The number of carbonyl (C=O) groups is 3. The smallest absolute Gasteiger partial charge is 0.343 e. The van der Waals surface area contributed by atoms with Crippen molar-refractivity contribution in [3.63, 3.8) is 0 Å². The van der Waals surface area contributed by atoms with Gasteiger partial charge in [-0.3, -0.25) is 9.59 Å². The Morgan fingerprint density at radius 3 is 2.19 bits per heavy atom. The summed E-state index contributed by atoms with van der Waals surface area (Å²) in [5.74, 6) is 0.135. The van der Waals surface area contributed by atoms with Crippen molar-refractivity contribution in [2.75, 3.05) is 27.9 Å². The fourth-order valence-corrected chi connectivity index (χ4v) is 3.24. The van der Waals surface area contributed by atoms with Crippen LogP contribution in [0.1, 0.15) is 32.7 Å². The van der Waals surface area contributed by atoms with E-state index in [9.17, 15) is 14.4 Å². The Balaban J connectivity index is 1.48. The molecule has 0 saturated heterocycles. The Hall–Kier alpha value is -4.86. The van der Waals surface area contributed by atoms with Crippen LogP contribution in [0, 0.1) is 0 Å². The minimum atomic E-state index is -0.475. The largest absolute Gasteiger partial charge is 0.493 e. The predicted molar refractivity (Wildman–Crippen MR) is 137 cm³/mol. The lowest BCUT2D eigenvalue weighted by atomic mass is 10.1. The molecule has 0 aliphatic rings. The minimum absolute atomic E-state index is 0.00222. The molecule has 37 heavy (non-hydrogen) atoms. The van der Waals surface area contributed by atoms with Crippen LogP contribution in [0.25, 0.3) is 0 Å². The van der Waals surface area contributed by atoms with E-state index in [0.29, 0.717) is 39.7 Å². The van der Waals surface area contributed by atoms with Crippen molar-refractivity contribution in [3.05, 3.63) is 83.4 Å². The molecule has 0 bridgehead atoms. The van der Waals surface area contributed by atoms with Gasteiger partial charge in [-0.05, 0) is 42.0 Å². The van der Waals surface area contributed by atoms with Gasteiger partial charge in [-0.1, -0.05) is 30.3 Å². The van der Waals surface area contributed by atoms with Crippen LogP contribution in [0.15, 0.2) is 71.8 Å². The van der Waals surface area contributed by atoms with Crippen molar-refractivity contribution < 1.29 is 33.3 Å². The first-order valence-corrected chi connectivity index (χ1v) is 11.2. The third kappa shape index (κ3) is 7.56. The first-order valence-electron chi connectivity index (χ1n) is 11.2. The summed E-state index contributed by atoms with van der Waals surface area (Å²) in [5, 5.41) is 6.58. The third-order valence-corrected chi connectivity index (χ3v) is 5.05. The van der Waals surface area contributed by atoms with Crippen LogP contribution in [-0.4, -0.2) is 51.9 Å². The van der Waals surface area contributed by atoms with Crippen molar-refractivity contribution in [2.24, 2.45) is 5.10 Å². The van der Waals surface area contributed by atoms with Gasteiger partial charge in [0.2, 0.25) is 11.7 Å². The monoisotopic (exact) mass is 505 g/mol. The molecule has 3 aromatic carbocycles. The maximum atomic E-state index is 12.5. The second-order valence-corrected chi connectivity index (χ2v) is 7.54. The molecule has 3 rings (SSSR count). The molecular formula is C27H27N3O7. The number of carbonyl (C=O) groups excluding carboxylic acids is 3. The average Bonchev–Trinajstić information content (AvgIpc) is 2.92. The summed E-state index contributed by atoms with van der Waals surface area (Å²) < 4.78 is 21.1. The molecule has 192 valence electrons. The molecule has 0 saturated carbocycles. The first-order chi connectivity index (χ1) is 17.9. The molecule has 0 aliphatic carbocycles. The van der Waals surface area contributed by atoms with Gasteiger partial charge in [0.15, 0.2) is 11.5 Å². The van der Waals surface area contributed by atoms with Crippen LogP contribution in [0.4, 0.5) is 0 Å². The Kier molecular flexibility index (Phi) is 9.60. The van der Waals surface area contributed by atoms with E-state index in [4.69, 9.17) is 18.9 Å². The van der Waals surface area contributed by atoms with Gasteiger partial charge >= 0.3 is 5.97 Å². The predicted octanol–water partition coefficient (Wildman–Crippen LogP) is 3.20. The quantitative estimate of drug-likeness (QED) is 0.177. The Morgan fingerprint density at radius 1 is 0.838 bits per heavy atom. The molecule has 0 fully saturated rings. The Labute approximate surface area is 214 Å². The molecule has 3 aromatic rings. The first kappa shape index (κ1) is 26.7. The highest BCUT2D eigenvalue weighted by atomic mass is 16.5. The molecule has 0 heterocycles. The highest BCUT2D eigenvalue weighted by Crippen LogP contribution is 2.38. The van der Waals surface area contributed by atoms with E-state index < -0.39 is 17.8 Å². The van der Waals surface area contributed by atoms with Gasteiger partial charge in [0, 0.05) is 18.5 Å². The molecule has 0 unspecified atom stereocenters. The van der Waals surface area contributed by atoms with Crippen LogP contribution >= 0.6 is 0 Å². The number of amides is 2. The van der Waals surface area contributed by atoms with E-state index in [0.717, 1.165) is 0 Å². The van der Waals surface area contributed by atoms with Crippen molar-refractivity contribution in [1.82, 2.24) is 10.7 Å². The molecule has 0 radical (unpaired) electrons. The summed E-state index contributed by atoms with van der Waals surface area (Å²) in [6.45, 7) is 0.0851. The van der Waals surface area contributed by atoms with E-state index in [-0.39, 0.29) is 13.0 Å². The number of ether oxygens (including phenoxy) is 4. The van der Waals surface area contributed by atoms with E-state index in [1.165, 1.54) is 39.7 Å². The van der Waals surface area contributed by atoms with Gasteiger partial charge in [-0.15, -0.1) is 0 Å². The van der Waals surface area contributed by atoms with E-state index in [1.807, 2.05) is 6.07 Å². The standard InChI is InChI=1S/C27H27N3O7/c1-34-22-15-20(16-23(35-2)25(22)36-3)26(32)28-13-12-24(31)30-29-17-18-8-7-11-21(14-18)37-27(33)19-9-5-4-6-10-19/h4-11,14-17H,12-13H2,1-3H3,(H,28,32)(H,30,31). The van der Waals surface area contributed by atoms with Crippen LogP contribution in [0.5, 0.6) is 23.0 Å². The number of benzene rings is 3. The third-order valence-electron chi connectivity index (χ3n) is 5.05. The second-order valence-electron chi connectivity index (χ2n) is 7.54. The van der Waals surface area contributed by atoms with Gasteiger partial charge in [-0.2, -0.15) is 5.10 Å². The van der Waals surface area contributed by atoms with E-state index >= 15 is 0 Å². The van der Waals surface area contributed by atoms with Crippen molar-refractivity contribution in [1.29, 1.82) is 0 Å². The van der Waals surface area contributed by atoms with Crippen LogP contribution in [0.2, 0.25) is 0 Å². The number of hydrogen-bond acceptors (Lipinski definition) is 8. The topological polar surface area (TPSA) is 125 Å². The Bertz CT molecular complexity index is 1250. The number of esters is 1. The zero-order valence-electron chi connectivity index (χ0n) is 20.6. The van der Waals surface area contributed by atoms with Gasteiger partial charge in [-0.25, -0.2) is 10.2 Å². The number of methoxy groups -OCH3 is 3. The lowest BCUT2D eigenvalue weighted by molar-refractivity contribution is -0.120. The fourth-order valence-electron chi connectivity index (χ4n) is 3.24. The number of nitrogens with one attached hydrogen (secondary N) is 2. The summed E-state index contributed by atoms with van der Waals surface area (Å²) in [6, 6.07) is 18.4. The maximum absolute atomic E-state index is 12.5. The van der Waals surface area contributed by atoms with Crippen LogP contribution in [0.3, 0.4) is 0 Å². The van der Waals surface area contributed by atoms with Gasteiger partial charge in [0.05, 0.1) is 33.1 Å². The van der Waals surface area contributed by atoms with Gasteiger partial charge in [0.25, 0.3) is 5.91 Å². The molecule has 0 atom stereocenters. The SMILES string of the molecule is COc1cc(C(=O)NCCC(=O)NN=Cc2cccc(OC(=O)c3ccccc3)c2)cc(OC)c1OC. The van der Waals surface area contributed by atoms with Crippen LogP contribution in [-0.2, 0) is 4.79 Å². The normalized spacial score (nSPS) is 10.5. The molecule has 0 aromatic heterocycles. The van der Waals surface area contributed by atoms with Gasteiger partial charge < -0.3 is 24.3 Å². The number of hydrogen-bond donors (Lipinski definition) is 2. The van der Waals surface area contributed by atoms with E-state index in [1.54, 1.807) is 48.5 Å². The lowest BCUT2D eigenvalue weighted by Crippen LogP contribution is -2.29. The molecule has 0 aliphatic heterocycles. The van der Waals surface area contributed by atoms with Crippen molar-refractivity contribution in [3.8, 4) is 23.0 Å². The number of nitrogens with zero attached hydrogens (tertiary/aromatic N) is 1. The maximum Gasteiger partial charge on any atom is 0.343 e. The fraction of sp³-hybridized carbons (Fsp3) is 0.185. The average molecular weight is 506 g/mol. The highest BCUT2D eigenvalue weighted by molar-refractivity contribution is 5.96. The lowest BCUT2D eigenvalue weighted by Gasteiger charge is -2.14. The number of rotatable bonds is 11. The second kappa shape index (κ2) is 13.3. The zero-order valence-corrected chi connectivity index (χ0v) is 20.6. The molecular weight excluding hydrogens is 478 g/mol. The van der Waals surface area contributed by atoms with Crippen molar-refractivity contribution >= 4 is 24.0 Å². The van der Waals surface area contributed by atoms with Gasteiger partial charge in [0.1, 0.15) is 5.75 Å². The van der Waals surface area contributed by atoms with E-state index in [2.05, 4.69) is 15.8 Å². The number of hydrazone groups is 1. The zero-order chi connectivity index (χ0) is 26.6. The summed E-state index contributed by atoms with van der Waals surface area (Å²) in [6.07, 6.45) is 1.43. The van der Waals surface area contributed by atoms with Crippen LogP contribution < -0.4 is 29.7 Å². The molecule has 10 nitrogen and oxygen atoms in total.